The molecule has 0 aliphatic rings. The molecule has 0 aliphatic carbocycles. The molecule has 0 fully saturated rings. The van der Waals surface area contributed by atoms with Gasteiger partial charge in [-0.05, 0) is 13.0 Å². The van der Waals surface area contributed by atoms with Crippen LogP contribution in [-0.2, 0) is 4.74 Å². The molecule has 0 rings (SSSR count). The Bertz CT molecular complexity index is 186. The van der Waals surface area contributed by atoms with E-state index in [1.165, 1.54) is 0 Å². The van der Waals surface area contributed by atoms with Crippen molar-refractivity contribution in [1.82, 2.24) is 4.90 Å². The Kier molecular flexibility index (Phi) is 8.04. The van der Waals surface area contributed by atoms with Crippen molar-refractivity contribution in [2.75, 3.05) is 33.4 Å². The van der Waals surface area contributed by atoms with Gasteiger partial charge in [-0.15, -0.1) is 0 Å². The van der Waals surface area contributed by atoms with Crippen molar-refractivity contribution in [3.8, 4) is 0 Å². The molecule has 0 amide bonds. The topological polar surface area (TPSA) is 71.1 Å². The van der Waals surface area contributed by atoms with Crippen LogP contribution in [0.15, 0.2) is 5.16 Å². The number of oxime groups is 1. The molecule has 5 heteroatoms. The monoisotopic (exact) mass is 217 g/mol. The Morgan fingerprint density at radius 2 is 2.27 bits per heavy atom. The van der Waals surface area contributed by atoms with E-state index in [1.807, 2.05) is 6.92 Å². The first-order valence-corrected chi connectivity index (χ1v) is 5.34. The Labute approximate surface area is 91.9 Å². The van der Waals surface area contributed by atoms with Gasteiger partial charge < -0.3 is 20.6 Å². The second-order valence-electron chi connectivity index (χ2n) is 3.67. The van der Waals surface area contributed by atoms with Crippen LogP contribution in [0.2, 0.25) is 0 Å². The smallest absolute Gasteiger partial charge is 0.143 e. The van der Waals surface area contributed by atoms with Crippen LogP contribution < -0.4 is 5.73 Å². The summed E-state index contributed by atoms with van der Waals surface area (Å²) in [6, 6.07) is 0. The second kappa shape index (κ2) is 8.49. The van der Waals surface area contributed by atoms with E-state index in [-0.39, 0.29) is 5.92 Å². The molecule has 90 valence electrons. The molecule has 0 heterocycles. The predicted octanol–water partition coefficient (Wildman–Crippen LogP) is 0.727. The lowest BCUT2D eigenvalue weighted by Gasteiger charge is -2.23. The standard InChI is InChI=1S/C10H23N3O2/c1-4-13(6-5-7-15-3)8-9(2)10(11)12-14/h9,14H,4-8H2,1-3H3,(H2,11,12). The maximum Gasteiger partial charge on any atom is 0.143 e. The van der Waals surface area contributed by atoms with Gasteiger partial charge in [-0.3, -0.25) is 0 Å². The number of methoxy groups -OCH3 is 1. The second-order valence-corrected chi connectivity index (χ2v) is 3.67. The summed E-state index contributed by atoms with van der Waals surface area (Å²) < 4.78 is 5.00. The molecule has 0 aromatic rings. The number of amidine groups is 1. The first-order valence-electron chi connectivity index (χ1n) is 5.34. The highest BCUT2D eigenvalue weighted by molar-refractivity contribution is 5.82. The Balaban J connectivity index is 3.87. The van der Waals surface area contributed by atoms with E-state index in [4.69, 9.17) is 15.7 Å². The molecule has 3 N–H and O–H groups in total. The van der Waals surface area contributed by atoms with E-state index in [9.17, 15) is 0 Å². The molecule has 0 aromatic carbocycles. The molecule has 0 saturated carbocycles. The number of nitrogens with zero attached hydrogens (tertiary/aromatic N) is 2. The molecule has 0 aromatic heterocycles. The van der Waals surface area contributed by atoms with Crippen molar-refractivity contribution in [2.24, 2.45) is 16.8 Å². The average molecular weight is 217 g/mol. The summed E-state index contributed by atoms with van der Waals surface area (Å²) >= 11 is 0. The van der Waals surface area contributed by atoms with Gasteiger partial charge in [0.15, 0.2) is 0 Å². The number of hydrogen-bond acceptors (Lipinski definition) is 4. The molecular formula is C10H23N3O2. The zero-order valence-corrected chi connectivity index (χ0v) is 9.94. The third kappa shape index (κ3) is 6.30. The summed E-state index contributed by atoms with van der Waals surface area (Å²) in [5, 5.41) is 11.5. The molecule has 0 aliphatic heterocycles. The summed E-state index contributed by atoms with van der Waals surface area (Å²) in [6.07, 6.45) is 1.01. The minimum absolute atomic E-state index is 0.0810. The number of hydrogen-bond donors (Lipinski definition) is 2. The highest BCUT2D eigenvalue weighted by Gasteiger charge is 2.12. The Morgan fingerprint density at radius 1 is 1.60 bits per heavy atom. The van der Waals surface area contributed by atoms with E-state index in [2.05, 4.69) is 17.0 Å². The van der Waals surface area contributed by atoms with E-state index in [1.54, 1.807) is 7.11 Å². The maximum absolute atomic E-state index is 8.53. The van der Waals surface area contributed by atoms with Crippen LogP contribution in [-0.4, -0.2) is 49.3 Å². The molecule has 0 saturated heterocycles. The van der Waals surface area contributed by atoms with Crippen LogP contribution in [0, 0.1) is 5.92 Å². The van der Waals surface area contributed by atoms with Gasteiger partial charge in [0.25, 0.3) is 0 Å². The molecule has 0 spiro atoms. The van der Waals surface area contributed by atoms with Crippen LogP contribution in [0.4, 0.5) is 0 Å². The normalized spacial score (nSPS) is 14.5. The Hall–Kier alpha value is -0.810. The first kappa shape index (κ1) is 14.2. The van der Waals surface area contributed by atoms with Crippen molar-refractivity contribution in [3.05, 3.63) is 0 Å². The first-order chi connectivity index (χ1) is 7.15. The SMILES string of the molecule is CCN(CCCOC)CC(C)C(N)=NO. The highest BCUT2D eigenvalue weighted by atomic mass is 16.5. The van der Waals surface area contributed by atoms with Crippen molar-refractivity contribution in [3.63, 3.8) is 0 Å². The fraction of sp³-hybridized carbons (Fsp3) is 0.900. The number of nitrogens with two attached hydrogens (primary N) is 1. The summed E-state index contributed by atoms with van der Waals surface area (Å²) in [6.45, 7) is 7.59. The largest absolute Gasteiger partial charge is 0.409 e. The number of rotatable bonds is 8. The quantitative estimate of drug-likeness (QED) is 0.207. The minimum Gasteiger partial charge on any atom is -0.409 e. The van der Waals surface area contributed by atoms with Gasteiger partial charge in [-0.1, -0.05) is 19.0 Å². The van der Waals surface area contributed by atoms with E-state index in [0.29, 0.717) is 5.84 Å². The van der Waals surface area contributed by atoms with Gasteiger partial charge in [0, 0.05) is 32.7 Å². The molecule has 0 bridgehead atoms. The lowest BCUT2D eigenvalue weighted by Crippen LogP contribution is -2.35. The summed E-state index contributed by atoms with van der Waals surface area (Å²) in [5.74, 6) is 0.373. The molecule has 0 radical (unpaired) electrons. The molecule has 5 nitrogen and oxygen atoms in total. The third-order valence-corrected chi connectivity index (χ3v) is 2.42. The van der Waals surface area contributed by atoms with E-state index in [0.717, 1.165) is 32.7 Å². The van der Waals surface area contributed by atoms with Gasteiger partial charge in [0.05, 0.1) is 0 Å². The zero-order chi connectivity index (χ0) is 11.7. The van der Waals surface area contributed by atoms with Crippen LogP contribution in [0.3, 0.4) is 0 Å². The average Bonchev–Trinajstić information content (AvgIpc) is 2.26. The van der Waals surface area contributed by atoms with Gasteiger partial charge in [-0.25, -0.2) is 0 Å². The summed E-state index contributed by atoms with van der Waals surface area (Å²) in [5.41, 5.74) is 5.52. The summed E-state index contributed by atoms with van der Waals surface area (Å²) in [7, 11) is 1.70. The highest BCUT2D eigenvalue weighted by Crippen LogP contribution is 2.01. The van der Waals surface area contributed by atoms with Gasteiger partial charge >= 0.3 is 0 Å². The van der Waals surface area contributed by atoms with Gasteiger partial charge in [0.1, 0.15) is 5.84 Å². The summed E-state index contributed by atoms with van der Waals surface area (Å²) in [4.78, 5) is 2.27. The van der Waals surface area contributed by atoms with Crippen LogP contribution in [0.25, 0.3) is 0 Å². The zero-order valence-electron chi connectivity index (χ0n) is 9.94. The molecular weight excluding hydrogens is 194 g/mol. The fourth-order valence-corrected chi connectivity index (χ4v) is 1.39. The van der Waals surface area contributed by atoms with Gasteiger partial charge in [0.2, 0.25) is 0 Å². The third-order valence-electron chi connectivity index (χ3n) is 2.42. The number of ether oxygens (including phenoxy) is 1. The lowest BCUT2D eigenvalue weighted by atomic mass is 10.1. The van der Waals surface area contributed by atoms with Crippen LogP contribution in [0.1, 0.15) is 20.3 Å². The van der Waals surface area contributed by atoms with Crippen LogP contribution in [0.5, 0.6) is 0 Å². The fourth-order valence-electron chi connectivity index (χ4n) is 1.39. The van der Waals surface area contributed by atoms with Crippen LogP contribution >= 0.6 is 0 Å². The van der Waals surface area contributed by atoms with Crippen molar-refractivity contribution in [2.45, 2.75) is 20.3 Å². The molecule has 15 heavy (non-hydrogen) atoms. The van der Waals surface area contributed by atoms with E-state index >= 15 is 0 Å². The van der Waals surface area contributed by atoms with Crippen molar-refractivity contribution in [1.29, 1.82) is 0 Å². The minimum atomic E-state index is 0.0810. The van der Waals surface area contributed by atoms with Crippen molar-refractivity contribution >= 4 is 5.84 Å². The van der Waals surface area contributed by atoms with E-state index < -0.39 is 0 Å². The maximum atomic E-state index is 8.53. The lowest BCUT2D eigenvalue weighted by molar-refractivity contribution is 0.171. The predicted molar refractivity (Wildman–Crippen MR) is 61.2 cm³/mol. The van der Waals surface area contributed by atoms with Crippen molar-refractivity contribution < 1.29 is 9.94 Å². The van der Waals surface area contributed by atoms with Gasteiger partial charge in [-0.2, -0.15) is 0 Å². The molecule has 1 atom stereocenters. The Morgan fingerprint density at radius 3 is 2.73 bits per heavy atom. The molecule has 1 unspecified atom stereocenters.